The second-order valence-corrected chi connectivity index (χ2v) is 5.65. The van der Waals surface area contributed by atoms with Gasteiger partial charge in [0.1, 0.15) is 0 Å². The Morgan fingerprint density at radius 1 is 1.14 bits per heavy atom. The first-order valence-electron chi connectivity index (χ1n) is 7.42. The highest BCUT2D eigenvalue weighted by atomic mass is 127. The topological polar surface area (TPSA) is 45.7 Å². The zero-order chi connectivity index (χ0) is 15.2. The van der Waals surface area contributed by atoms with Crippen LogP contribution in [0.5, 0.6) is 0 Å². The van der Waals surface area contributed by atoms with Crippen molar-refractivity contribution in [1.82, 2.24) is 10.6 Å². The summed E-state index contributed by atoms with van der Waals surface area (Å²) in [5, 5.41) is 6.57. The smallest absolute Gasteiger partial charge is 0.191 e. The third-order valence-electron chi connectivity index (χ3n) is 2.94. The number of nitrogens with one attached hydrogen (secondary N) is 2. The van der Waals surface area contributed by atoms with Gasteiger partial charge in [-0.1, -0.05) is 30.3 Å². The lowest BCUT2D eigenvalue weighted by Crippen LogP contribution is -2.39. The standard InChI is InChI=1S/C16H27N3OS.HI/c1-17-16(18-10-6-7-13-21-2)19-11-12-20-14-15-8-4-3-5-9-15;/h3-5,8-9H,6-7,10-14H2,1-2H3,(H2,17,18,19);1H. The van der Waals surface area contributed by atoms with Crippen molar-refractivity contribution in [2.24, 2.45) is 4.99 Å². The molecule has 0 aromatic heterocycles. The van der Waals surface area contributed by atoms with Gasteiger partial charge in [0.05, 0.1) is 13.2 Å². The molecule has 0 amide bonds. The average molecular weight is 437 g/mol. The van der Waals surface area contributed by atoms with Gasteiger partial charge in [-0.05, 0) is 30.4 Å². The molecular weight excluding hydrogens is 409 g/mol. The summed E-state index contributed by atoms with van der Waals surface area (Å²) in [6.45, 7) is 3.05. The fraction of sp³-hybridized carbons (Fsp3) is 0.562. The van der Waals surface area contributed by atoms with Gasteiger partial charge in [0.25, 0.3) is 0 Å². The summed E-state index contributed by atoms with van der Waals surface area (Å²) >= 11 is 1.89. The molecule has 0 aliphatic rings. The fourth-order valence-electron chi connectivity index (χ4n) is 1.80. The molecule has 0 saturated carbocycles. The third kappa shape index (κ3) is 11.1. The summed E-state index contributed by atoms with van der Waals surface area (Å²) in [7, 11) is 1.79. The van der Waals surface area contributed by atoms with Crippen molar-refractivity contribution in [1.29, 1.82) is 0 Å². The number of unbranched alkanes of at least 4 members (excludes halogenated alkanes) is 1. The SMILES string of the molecule is CN=C(NCCCCSC)NCCOCc1ccccc1.I. The maximum absolute atomic E-state index is 5.62. The van der Waals surface area contributed by atoms with Crippen molar-refractivity contribution >= 4 is 41.7 Å². The molecule has 1 aromatic rings. The Labute approximate surface area is 155 Å². The molecule has 0 aliphatic heterocycles. The molecule has 22 heavy (non-hydrogen) atoms. The summed E-state index contributed by atoms with van der Waals surface area (Å²) in [5.74, 6) is 2.07. The van der Waals surface area contributed by atoms with Crippen molar-refractivity contribution in [3.05, 3.63) is 35.9 Å². The summed E-state index contributed by atoms with van der Waals surface area (Å²) in [6.07, 6.45) is 4.56. The molecule has 0 unspecified atom stereocenters. The predicted octanol–water partition coefficient (Wildman–Crippen LogP) is 3.13. The maximum Gasteiger partial charge on any atom is 0.191 e. The predicted molar refractivity (Wildman–Crippen MR) is 108 cm³/mol. The Kier molecular flexibility index (Phi) is 15.1. The van der Waals surface area contributed by atoms with E-state index in [0.29, 0.717) is 13.2 Å². The Balaban J connectivity index is 0.00000441. The molecule has 0 atom stereocenters. The minimum Gasteiger partial charge on any atom is -0.375 e. The van der Waals surface area contributed by atoms with Crippen LogP contribution >= 0.6 is 35.7 Å². The monoisotopic (exact) mass is 437 g/mol. The third-order valence-corrected chi connectivity index (χ3v) is 3.64. The van der Waals surface area contributed by atoms with Crippen molar-refractivity contribution < 1.29 is 4.74 Å². The molecule has 0 fully saturated rings. The second kappa shape index (κ2) is 15.4. The number of aliphatic imine (C=N–C) groups is 1. The molecule has 1 rings (SSSR count). The van der Waals surface area contributed by atoms with Gasteiger partial charge in [0.2, 0.25) is 0 Å². The van der Waals surface area contributed by atoms with E-state index >= 15 is 0 Å². The van der Waals surface area contributed by atoms with Gasteiger partial charge in [0.15, 0.2) is 5.96 Å². The van der Waals surface area contributed by atoms with Crippen LogP contribution in [-0.4, -0.2) is 44.7 Å². The van der Waals surface area contributed by atoms with Crippen molar-refractivity contribution in [2.45, 2.75) is 19.4 Å². The van der Waals surface area contributed by atoms with E-state index < -0.39 is 0 Å². The average Bonchev–Trinajstić information content (AvgIpc) is 2.53. The molecule has 4 nitrogen and oxygen atoms in total. The molecule has 0 radical (unpaired) electrons. The number of halogens is 1. The molecule has 0 bridgehead atoms. The van der Waals surface area contributed by atoms with Crippen molar-refractivity contribution in [2.75, 3.05) is 38.8 Å². The lowest BCUT2D eigenvalue weighted by molar-refractivity contribution is 0.125. The maximum atomic E-state index is 5.62. The fourth-order valence-corrected chi connectivity index (χ4v) is 2.30. The van der Waals surface area contributed by atoms with Gasteiger partial charge in [-0.3, -0.25) is 4.99 Å². The Morgan fingerprint density at radius 2 is 1.86 bits per heavy atom. The van der Waals surface area contributed by atoms with E-state index in [-0.39, 0.29) is 24.0 Å². The quantitative estimate of drug-likeness (QED) is 0.256. The van der Waals surface area contributed by atoms with E-state index in [1.165, 1.54) is 24.2 Å². The minimum atomic E-state index is 0. The van der Waals surface area contributed by atoms with Gasteiger partial charge in [0, 0.05) is 20.1 Å². The number of benzene rings is 1. The molecule has 2 N–H and O–H groups in total. The molecule has 0 saturated heterocycles. The second-order valence-electron chi connectivity index (χ2n) is 4.66. The van der Waals surface area contributed by atoms with Crippen LogP contribution in [-0.2, 0) is 11.3 Å². The highest BCUT2D eigenvalue weighted by Gasteiger charge is 1.97. The van der Waals surface area contributed by atoms with Gasteiger partial charge >= 0.3 is 0 Å². The van der Waals surface area contributed by atoms with Crippen molar-refractivity contribution in [3.8, 4) is 0 Å². The number of guanidine groups is 1. The van der Waals surface area contributed by atoms with E-state index in [2.05, 4.69) is 34.0 Å². The lowest BCUT2D eigenvalue weighted by Gasteiger charge is -2.12. The van der Waals surface area contributed by atoms with Crippen LogP contribution in [0.25, 0.3) is 0 Å². The number of thioether (sulfide) groups is 1. The molecule has 1 aromatic carbocycles. The van der Waals surface area contributed by atoms with E-state index in [1.54, 1.807) is 7.05 Å². The summed E-state index contributed by atoms with van der Waals surface area (Å²) < 4.78 is 5.62. The number of nitrogens with zero attached hydrogens (tertiary/aromatic N) is 1. The molecule has 126 valence electrons. The number of rotatable bonds is 10. The molecular formula is C16H28IN3OS. The Morgan fingerprint density at radius 3 is 2.55 bits per heavy atom. The summed E-state index contributed by atoms with van der Waals surface area (Å²) in [5.41, 5.74) is 1.20. The zero-order valence-corrected chi connectivity index (χ0v) is 16.7. The van der Waals surface area contributed by atoms with E-state index in [1.807, 2.05) is 30.0 Å². The van der Waals surface area contributed by atoms with Gasteiger partial charge in [-0.25, -0.2) is 0 Å². The van der Waals surface area contributed by atoms with Crippen LogP contribution in [0.4, 0.5) is 0 Å². The first-order chi connectivity index (χ1) is 10.4. The molecule has 0 spiro atoms. The number of ether oxygens (including phenoxy) is 1. The number of hydrogen-bond acceptors (Lipinski definition) is 3. The van der Waals surface area contributed by atoms with Crippen LogP contribution in [0.2, 0.25) is 0 Å². The molecule has 0 heterocycles. The van der Waals surface area contributed by atoms with Crippen molar-refractivity contribution in [3.63, 3.8) is 0 Å². The van der Waals surface area contributed by atoms with E-state index in [9.17, 15) is 0 Å². The highest BCUT2D eigenvalue weighted by Crippen LogP contribution is 1.99. The van der Waals surface area contributed by atoms with Gasteiger partial charge in [-0.15, -0.1) is 24.0 Å². The Bertz CT molecular complexity index is 390. The van der Waals surface area contributed by atoms with E-state index in [4.69, 9.17) is 4.74 Å². The van der Waals surface area contributed by atoms with E-state index in [0.717, 1.165) is 19.0 Å². The van der Waals surface area contributed by atoms with Crippen LogP contribution in [0, 0.1) is 0 Å². The minimum absolute atomic E-state index is 0. The van der Waals surface area contributed by atoms with Crippen LogP contribution < -0.4 is 10.6 Å². The Hall–Kier alpha value is -0.470. The highest BCUT2D eigenvalue weighted by molar-refractivity contribution is 14.0. The summed E-state index contributed by atoms with van der Waals surface area (Å²) in [4.78, 5) is 4.20. The summed E-state index contributed by atoms with van der Waals surface area (Å²) in [6, 6.07) is 10.2. The normalized spacial score (nSPS) is 10.9. The largest absolute Gasteiger partial charge is 0.375 e. The van der Waals surface area contributed by atoms with Crippen LogP contribution in [0.1, 0.15) is 18.4 Å². The number of hydrogen-bond donors (Lipinski definition) is 2. The van der Waals surface area contributed by atoms with Crippen LogP contribution in [0.3, 0.4) is 0 Å². The lowest BCUT2D eigenvalue weighted by atomic mass is 10.2. The van der Waals surface area contributed by atoms with Crippen LogP contribution in [0.15, 0.2) is 35.3 Å². The first-order valence-corrected chi connectivity index (χ1v) is 8.81. The molecule has 0 aliphatic carbocycles. The van der Waals surface area contributed by atoms with Gasteiger partial charge in [-0.2, -0.15) is 11.8 Å². The zero-order valence-electron chi connectivity index (χ0n) is 13.5. The first kappa shape index (κ1) is 21.5. The molecule has 6 heteroatoms. The van der Waals surface area contributed by atoms with Gasteiger partial charge < -0.3 is 15.4 Å².